The molecule has 0 saturated carbocycles. The van der Waals surface area contributed by atoms with E-state index in [1.165, 1.54) is 0 Å². The summed E-state index contributed by atoms with van der Waals surface area (Å²) in [6, 6.07) is 10.4. The van der Waals surface area contributed by atoms with Crippen molar-refractivity contribution in [2.75, 3.05) is 0 Å². The van der Waals surface area contributed by atoms with Gasteiger partial charge in [-0.2, -0.15) is 0 Å². The molecule has 0 aliphatic heterocycles. The Bertz CT molecular complexity index is 528. The highest BCUT2D eigenvalue weighted by Gasteiger charge is 2.19. The predicted molar refractivity (Wildman–Crippen MR) is 75.9 cm³/mol. The van der Waals surface area contributed by atoms with Crippen LogP contribution in [0.1, 0.15) is 38.8 Å². The maximum Gasteiger partial charge on any atom is 0.0702 e. The summed E-state index contributed by atoms with van der Waals surface area (Å²) in [6.07, 6.45) is 2.89. The van der Waals surface area contributed by atoms with Crippen molar-refractivity contribution in [3.05, 3.63) is 42.1 Å². The van der Waals surface area contributed by atoms with E-state index < -0.39 is 0 Å². The van der Waals surface area contributed by atoms with Crippen molar-refractivity contribution < 1.29 is 0 Å². The van der Waals surface area contributed by atoms with Crippen LogP contribution in [0.2, 0.25) is 0 Å². The van der Waals surface area contributed by atoms with Crippen LogP contribution in [0.15, 0.2) is 36.5 Å². The van der Waals surface area contributed by atoms with Gasteiger partial charge in [-0.25, -0.2) is 0 Å². The minimum absolute atomic E-state index is 0.141. The van der Waals surface area contributed by atoms with Crippen LogP contribution in [-0.2, 0) is 0 Å². The van der Waals surface area contributed by atoms with Crippen molar-refractivity contribution in [1.82, 2.24) is 10.4 Å². The number of para-hydroxylation sites is 1. The summed E-state index contributed by atoms with van der Waals surface area (Å²) in [5, 5.41) is 1.16. The molecule has 1 unspecified atom stereocenters. The maximum absolute atomic E-state index is 5.68. The lowest BCUT2D eigenvalue weighted by atomic mass is 9.86. The molecule has 1 aromatic heterocycles. The van der Waals surface area contributed by atoms with E-state index >= 15 is 0 Å². The molecule has 1 heterocycles. The van der Waals surface area contributed by atoms with Crippen molar-refractivity contribution in [3.63, 3.8) is 0 Å². The Balaban J connectivity index is 2.33. The van der Waals surface area contributed by atoms with Gasteiger partial charge < -0.3 is 0 Å². The molecule has 0 spiro atoms. The van der Waals surface area contributed by atoms with Gasteiger partial charge in [0, 0.05) is 17.6 Å². The summed E-state index contributed by atoms with van der Waals surface area (Å²) >= 11 is 0. The fourth-order valence-electron chi connectivity index (χ4n) is 2.16. The SMILES string of the molecule is CC(C)(C)CC(NN)c1cnc2ccccc2c1. The van der Waals surface area contributed by atoms with E-state index in [2.05, 4.69) is 43.3 Å². The van der Waals surface area contributed by atoms with Crippen molar-refractivity contribution >= 4 is 10.9 Å². The maximum atomic E-state index is 5.68. The van der Waals surface area contributed by atoms with Gasteiger partial charge in [-0.1, -0.05) is 39.0 Å². The highest BCUT2D eigenvalue weighted by atomic mass is 15.2. The van der Waals surface area contributed by atoms with Crippen LogP contribution in [0.4, 0.5) is 0 Å². The summed E-state index contributed by atoms with van der Waals surface area (Å²) in [7, 11) is 0. The number of nitrogens with one attached hydrogen (secondary N) is 1. The third-order valence-electron chi connectivity index (χ3n) is 3.03. The molecular weight excluding hydrogens is 222 g/mol. The van der Waals surface area contributed by atoms with Gasteiger partial charge in [-0.15, -0.1) is 0 Å². The summed E-state index contributed by atoms with van der Waals surface area (Å²) in [4.78, 5) is 4.48. The number of nitrogens with zero attached hydrogens (tertiary/aromatic N) is 1. The van der Waals surface area contributed by atoms with E-state index in [1.54, 1.807) is 0 Å². The zero-order valence-corrected chi connectivity index (χ0v) is 11.3. The first kappa shape index (κ1) is 13.0. The van der Waals surface area contributed by atoms with Gasteiger partial charge in [-0.05, 0) is 29.5 Å². The molecule has 3 nitrogen and oxygen atoms in total. The van der Waals surface area contributed by atoms with Gasteiger partial charge in [0.05, 0.1) is 5.52 Å². The first-order valence-electron chi connectivity index (χ1n) is 6.30. The highest BCUT2D eigenvalue weighted by molar-refractivity contribution is 5.78. The van der Waals surface area contributed by atoms with Crippen molar-refractivity contribution in [3.8, 4) is 0 Å². The fourth-order valence-corrected chi connectivity index (χ4v) is 2.16. The molecule has 2 rings (SSSR count). The van der Waals surface area contributed by atoms with Crippen LogP contribution >= 0.6 is 0 Å². The Hall–Kier alpha value is -1.45. The predicted octanol–water partition coefficient (Wildman–Crippen LogP) is 3.18. The number of nitrogens with two attached hydrogens (primary N) is 1. The number of benzene rings is 1. The van der Waals surface area contributed by atoms with E-state index in [1.807, 2.05) is 24.4 Å². The quantitative estimate of drug-likeness (QED) is 0.643. The van der Waals surface area contributed by atoms with Gasteiger partial charge in [0.25, 0.3) is 0 Å². The van der Waals surface area contributed by atoms with E-state index in [9.17, 15) is 0 Å². The van der Waals surface area contributed by atoms with Gasteiger partial charge >= 0.3 is 0 Å². The second-order valence-electron chi connectivity index (χ2n) is 5.95. The van der Waals surface area contributed by atoms with Crippen LogP contribution < -0.4 is 11.3 Å². The molecule has 0 aliphatic rings. The molecule has 96 valence electrons. The minimum atomic E-state index is 0.141. The lowest BCUT2D eigenvalue weighted by Crippen LogP contribution is -2.31. The largest absolute Gasteiger partial charge is 0.271 e. The number of aromatic nitrogens is 1. The number of hydrogen-bond acceptors (Lipinski definition) is 3. The van der Waals surface area contributed by atoms with Crippen LogP contribution in [-0.4, -0.2) is 4.98 Å². The molecule has 0 saturated heterocycles. The average molecular weight is 243 g/mol. The molecule has 3 N–H and O–H groups in total. The Morgan fingerprint density at radius 1 is 1.28 bits per heavy atom. The zero-order valence-electron chi connectivity index (χ0n) is 11.3. The van der Waals surface area contributed by atoms with Gasteiger partial charge in [0.15, 0.2) is 0 Å². The molecule has 2 aromatic rings. The van der Waals surface area contributed by atoms with Gasteiger partial charge in [0.2, 0.25) is 0 Å². The molecule has 0 fully saturated rings. The molecule has 0 bridgehead atoms. The highest BCUT2D eigenvalue weighted by Crippen LogP contribution is 2.29. The van der Waals surface area contributed by atoms with Crippen molar-refractivity contribution in [2.24, 2.45) is 11.3 Å². The molecule has 0 amide bonds. The van der Waals surface area contributed by atoms with E-state index in [-0.39, 0.29) is 11.5 Å². The molecule has 3 heteroatoms. The standard InChI is InChI=1S/C15H21N3/c1-15(2,3)9-14(18-16)12-8-11-6-4-5-7-13(11)17-10-12/h4-8,10,14,18H,9,16H2,1-3H3. The molecule has 18 heavy (non-hydrogen) atoms. The Morgan fingerprint density at radius 2 is 2.00 bits per heavy atom. The lowest BCUT2D eigenvalue weighted by molar-refractivity contribution is 0.313. The van der Waals surface area contributed by atoms with Crippen molar-refractivity contribution in [1.29, 1.82) is 0 Å². The minimum Gasteiger partial charge on any atom is -0.271 e. The van der Waals surface area contributed by atoms with Gasteiger partial charge in [0.1, 0.15) is 0 Å². The molecular formula is C15H21N3. The number of hydrogen-bond donors (Lipinski definition) is 2. The number of hydrazine groups is 1. The third-order valence-corrected chi connectivity index (χ3v) is 3.03. The van der Waals surface area contributed by atoms with E-state index in [0.29, 0.717) is 0 Å². The Morgan fingerprint density at radius 3 is 2.67 bits per heavy atom. The third kappa shape index (κ3) is 3.06. The smallest absolute Gasteiger partial charge is 0.0702 e. The molecule has 0 radical (unpaired) electrons. The molecule has 1 atom stereocenters. The Kier molecular flexibility index (Phi) is 3.64. The van der Waals surface area contributed by atoms with E-state index in [0.717, 1.165) is 22.9 Å². The summed E-state index contributed by atoms with van der Waals surface area (Å²) < 4.78 is 0. The van der Waals surface area contributed by atoms with Crippen LogP contribution in [0.3, 0.4) is 0 Å². The first-order chi connectivity index (χ1) is 8.49. The summed E-state index contributed by atoms with van der Waals surface area (Å²) in [6.45, 7) is 6.64. The second-order valence-corrected chi connectivity index (χ2v) is 5.95. The van der Waals surface area contributed by atoms with Crippen LogP contribution in [0.5, 0.6) is 0 Å². The average Bonchev–Trinajstić information content (AvgIpc) is 2.34. The van der Waals surface area contributed by atoms with Gasteiger partial charge in [-0.3, -0.25) is 16.3 Å². The molecule has 1 aromatic carbocycles. The lowest BCUT2D eigenvalue weighted by Gasteiger charge is -2.25. The normalized spacial score (nSPS) is 13.8. The summed E-state index contributed by atoms with van der Waals surface area (Å²) in [5.41, 5.74) is 5.29. The van der Waals surface area contributed by atoms with Crippen LogP contribution in [0, 0.1) is 5.41 Å². The Labute approximate surface area is 108 Å². The topological polar surface area (TPSA) is 50.9 Å². The van der Waals surface area contributed by atoms with Crippen molar-refractivity contribution in [2.45, 2.75) is 33.2 Å². The van der Waals surface area contributed by atoms with Crippen LogP contribution in [0.25, 0.3) is 10.9 Å². The number of pyridine rings is 1. The second kappa shape index (κ2) is 5.04. The zero-order chi connectivity index (χ0) is 13.2. The summed E-state index contributed by atoms with van der Waals surface area (Å²) in [5.74, 6) is 5.68. The monoisotopic (exact) mass is 243 g/mol. The number of rotatable bonds is 3. The van der Waals surface area contributed by atoms with E-state index in [4.69, 9.17) is 5.84 Å². The first-order valence-corrected chi connectivity index (χ1v) is 6.30. The molecule has 0 aliphatic carbocycles. The number of fused-ring (bicyclic) bond motifs is 1. The fraction of sp³-hybridized carbons (Fsp3) is 0.400.